The van der Waals surface area contributed by atoms with Gasteiger partial charge in [0.2, 0.25) is 0 Å². The van der Waals surface area contributed by atoms with E-state index in [9.17, 15) is 0 Å². The van der Waals surface area contributed by atoms with Gasteiger partial charge in [0.15, 0.2) is 0 Å². The summed E-state index contributed by atoms with van der Waals surface area (Å²) in [5, 5.41) is 0. The minimum absolute atomic E-state index is 0.625. The number of unbranched alkanes of at least 4 members (excludes halogenated alkanes) is 2. The molecule has 0 radical (unpaired) electrons. The molecule has 1 nitrogen and oxygen atoms in total. The first kappa shape index (κ1) is 12.0. The third-order valence-electron chi connectivity index (χ3n) is 4.61. The Morgan fingerprint density at radius 1 is 1.25 bits per heavy atom. The zero-order valence-electron chi connectivity index (χ0n) is 11.1. The van der Waals surface area contributed by atoms with Crippen molar-refractivity contribution < 1.29 is 0 Å². The van der Waals surface area contributed by atoms with Crippen LogP contribution in [0.25, 0.3) is 0 Å². The monoisotopic (exact) mass is 221 g/mol. The molecule has 92 valence electrons. The molecule has 2 aliphatic rings. The molecule has 1 heterocycles. The van der Waals surface area contributed by atoms with Crippen LogP contribution in [0.3, 0.4) is 0 Å². The predicted octanol–water partition coefficient (Wildman–Crippen LogP) is 4.35. The Morgan fingerprint density at radius 2 is 2.12 bits per heavy atom. The molecular weight excluding hydrogens is 194 g/mol. The van der Waals surface area contributed by atoms with Crippen LogP contribution >= 0.6 is 0 Å². The summed E-state index contributed by atoms with van der Waals surface area (Å²) in [6.45, 7) is 3.58. The number of hydrogen-bond donors (Lipinski definition) is 0. The summed E-state index contributed by atoms with van der Waals surface area (Å²) in [6.07, 6.45) is 15.3. The minimum atomic E-state index is 0.625. The molecule has 0 N–H and O–H groups in total. The average molecular weight is 221 g/mol. The fourth-order valence-corrected chi connectivity index (χ4v) is 3.54. The first-order chi connectivity index (χ1) is 7.77. The van der Waals surface area contributed by atoms with Crippen molar-refractivity contribution >= 4 is 0 Å². The molecule has 0 saturated heterocycles. The highest BCUT2D eigenvalue weighted by molar-refractivity contribution is 5.19. The van der Waals surface area contributed by atoms with E-state index in [1.165, 1.54) is 64.3 Å². The summed E-state index contributed by atoms with van der Waals surface area (Å²) in [7, 11) is 2.23. The Kier molecular flexibility index (Phi) is 3.94. The molecule has 0 aromatic rings. The van der Waals surface area contributed by atoms with Crippen LogP contribution in [0.1, 0.15) is 64.7 Å². The number of fused-ring (bicyclic) bond motifs is 1. The SMILES string of the molecule is CCCCCC12CCCCC1=CN(C)CC2. The molecule has 2 rings (SSSR count). The van der Waals surface area contributed by atoms with Gasteiger partial charge >= 0.3 is 0 Å². The molecule has 16 heavy (non-hydrogen) atoms. The summed E-state index contributed by atoms with van der Waals surface area (Å²) in [5.41, 5.74) is 2.41. The highest BCUT2D eigenvalue weighted by atomic mass is 15.1. The molecule has 1 heteroatoms. The first-order valence-corrected chi connectivity index (χ1v) is 7.18. The highest BCUT2D eigenvalue weighted by Crippen LogP contribution is 2.49. The van der Waals surface area contributed by atoms with Crippen LogP contribution in [0.5, 0.6) is 0 Å². The lowest BCUT2D eigenvalue weighted by Gasteiger charge is -2.45. The van der Waals surface area contributed by atoms with Crippen molar-refractivity contribution in [2.24, 2.45) is 5.41 Å². The van der Waals surface area contributed by atoms with Crippen LogP contribution in [0.2, 0.25) is 0 Å². The average Bonchev–Trinajstić information content (AvgIpc) is 2.30. The zero-order chi connectivity index (χ0) is 11.4. The molecule has 0 bridgehead atoms. The third-order valence-corrected chi connectivity index (χ3v) is 4.61. The van der Waals surface area contributed by atoms with E-state index < -0.39 is 0 Å². The maximum Gasteiger partial charge on any atom is 0.0177 e. The molecule has 1 aliphatic heterocycles. The van der Waals surface area contributed by atoms with Gasteiger partial charge in [0, 0.05) is 13.6 Å². The van der Waals surface area contributed by atoms with Crippen LogP contribution in [0, 0.1) is 5.41 Å². The van der Waals surface area contributed by atoms with Gasteiger partial charge in [-0.2, -0.15) is 0 Å². The molecular formula is C15H27N. The zero-order valence-corrected chi connectivity index (χ0v) is 11.1. The van der Waals surface area contributed by atoms with E-state index in [0.717, 1.165) is 0 Å². The van der Waals surface area contributed by atoms with Gasteiger partial charge in [-0.3, -0.25) is 0 Å². The van der Waals surface area contributed by atoms with E-state index in [1.807, 2.05) is 0 Å². The van der Waals surface area contributed by atoms with Crippen molar-refractivity contribution in [3.8, 4) is 0 Å². The quantitative estimate of drug-likeness (QED) is 0.638. The van der Waals surface area contributed by atoms with Crippen molar-refractivity contribution in [2.75, 3.05) is 13.6 Å². The van der Waals surface area contributed by atoms with Crippen molar-refractivity contribution in [2.45, 2.75) is 64.7 Å². The number of hydrogen-bond acceptors (Lipinski definition) is 1. The maximum absolute atomic E-state index is 2.47. The van der Waals surface area contributed by atoms with E-state index in [1.54, 1.807) is 5.57 Å². The van der Waals surface area contributed by atoms with Gasteiger partial charge in [0.1, 0.15) is 0 Å². The Balaban J connectivity index is 2.05. The molecule has 0 spiro atoms. The Labute approximate surface area is 101 Å². The topological polar surface area (TPSA) is 3.24 Å². The number of rotatable bonds is 4. The lowest BCUT2D eigenvalue weighted by Crippen LogP contribution is -2.36. The van der Waals surface area contributed by atoms with Crippen LogP contribution in [-0.4, -0.2) is 18.5 Å². The number of nitrogens with zero attached hydrogens (tertiary/aromatic N) is 1. The molecule has 1 atom stereocenters. The smallest absolute Gasteiger partial charge is 0.0177 e. The van der Waals surface area contributed by atoms with Gasteiger partial charge in [-0.25, -0.2) is 0 Å². The van der Waals surface area contributed by atoms with E-state index in [2.05, 4.69) is 25.1 Å². The molecule has 1 saturated carbocycles. The second kappa shape index (κ2) is 5.25. The molecule has 1 fully saturated rings. The summed E-state index contributed by atoms with van der Waals surface area (Å²) in [6, 6.07) is 0. The standard InChI is InChI=1S/C15H27N/c1-3-4-6-9-15-10-7-5-8-14(15)13-16(2)12-11-15/h13H,3-12H2,1-2H3. The second-order valence-corrected chi connectivity index (χ2v) is 5.83. The lowest BCUT2D eigenvalue weighted by molar-refractivity contribution is 0.179. The Bertz CT molecular complexity index is 256. The Hall–Kier alpha value is -0.460. The summed E-state index contributed by atoms with van der Waals surface area (Å²) in [5.74, 6) is 0. The first-order valence-electron chi connectivity index (χ1n) is 7.18. The number of allylic oxidation sites excluding steroid dienone is 1. The normalized spacial score (nSPS) is 29.9. The fourth-order valence-electron chi connectivity index (χ4n) is 3.54. The van der Waals surface area contributed by atoms with E-state index >= 15 is 0 Å². The van der Waals surface area contributed by atoms with E-state index in [4.69, 9.17) is 0 Å². The molecule has 1 aliphatic carbocycles. The van der Waals surface area contributed by atoms with Crippen LogP contribution in [0.15, 0.2) is 11.8 Å². The van der Waals surface area contributed by atoms with E-state index in [-0.39, 0.29) is 0 Å². The molecule has 0 aromatic heterocycles. The van der Waals surface area contributed by atoms with Gasteiger partial charge < -0.3 is 4.90 Å². The summed E-state index contributed by atoms with van der Waals surface area (Å²) < 4.78 is 0. The predicted molar refractivity (Wildman–Crippen MR) is 70.4 cm³/mol. The molecule has 1 unspecified atom stereocenters. The second-order valence-electron chi connectivity index (χ2n) is 5.83. The van der Waals surface area contributed by atoms with Crippen LogP contribution in [-0.2, 0) is 0 Å². The maximum atomic E-state index is 2.47. The van der Waals surface area contributed by atoms with Gasteiger partial charge in [0.05, 0.1) is 0 Å². The van der Waals surface area contributed by atoms with Crippen molar-refractivity contribution in [3.05, 3.63) is 11.8 Å². The lowest BCUT2D eigenvalue weighted by atomic mass is 9.64. The van der Waals surface area contributed by atoms with Crippen molar-refractivity contribution in [1.82, 2.24) is 4.90 Å². The van der Waals surface area contributed by atoms with Gasteiger partial charge in [-0.1, -0.05) is 32.6 Å². The summed E-state index contributed by atoms with van der Waals surface area (Å²) in [4.78, 5) is 2.40. The van der Waals surface area contributed by atoms with E-state index in [0.29, 0.717) is 5.41 Å². The fraction of sp³-hybridized carbons (Fsp3) is 0.867. The Morgan fingerprint density at radius 3 is 2.94 bits per heavy atom. The highest BCUT2D eigenvalue weighted by Gasteiger charge is 2.37. The van der Waals surface area contributed by atoms with Crippen molar-refractivity contribution in [3.63, 3.8) is 0 Å². The van der Waals surface area contributed by atoms with Gasteiger partial charge in [-0.05, 0) is 49.3 Å². The van der Waals surface area contributed by atoms with Gasteiger partial charge in [0.25, 0.3) is 0 Å². The minimum Gasteiger partial charge on any atom is -0.380 e. The largest absolute Gasteiger partial charge is 0.380 e. The molecule has 0 amide bonds. The molecule has 0 aromatic carbocycles. The van der Waals surface area contributed by atoms with Crippen LogP contribution < -0.4 is 0 Å². The summed E-state index contributed by atoms with van der Waals surface area (Å²) >= 11 is 0. The van der Waals surface area contributed by atoms with Crippen LogP contribution in [0.4, 0.5) is 0 Å². The van der Waals surface area contributed by atoms with Crippen molar-refractivity contribution in [1.29, 1.82) is 0 Å². The van der Waals surface area contributed by atoms with Gasteiger partial charge in [-0.15, -0.1) is 0 Å². The third kappa shape index (κ3) is 2.44.